The lowest BCUT2D eigenvalue weighted by Gasteiger charge is -2.22. The Labute approximate surface area is 109 Å². The molecule has 1 saturated carbocycles. The number of likely N-dealkylation sites (N-methyl/N-ethyl adjacent to an activating group) is 1. The molecule has 0 bridgehead atoms. The van der Waals surface area contributed by atoms with Crippen molar-refractivity contribution in [2.75, 3.05) is 20.6 Å². The van der Waals surface area contributed by atoms with Gasteiger partial charge in [0.25, 0.3) is 0 Å². The molecular formula is C13H24N4O. The van der Waals surface area contributed by atoms with Gasteiger partial charge in [0.1, 0.15) is 0 Å². The first-order valence-corrected chi connectivity index (χ1v) is 6.87. The summed E-state index contributed by atoms with van der Waals surface area (Å²) in [6.45, 7) is 0.927. The first-order valence-electron chi connectivity index (χ1n) is 6.87. The summed E-state index contributed by atoms with van der Waals surface area (Å²) in [6.07, 6.45) is 7.58. The monoisotopic (exact) mass is 252 g/mol. The van der Waals surface area contributed by atoms with Crippen LogP contribution in [0.1, 0.15) is 50.2 Å². The van der Waals surface area contributed by atoms with Crippen molar-refractivity contribution in [1.82, 2.24) is 15.0 Å². The smallest absolute Gasteiger partial charge is 0.246 e. The molecule has 102 valence electrons. The van der Waals surface area contributed by atoms with Crippen LogP contribution in [-0.2, 0) is 12.0 Å². The number of hydrogen-bond acceptors (Lipinski definition) is 5. The molecule has 0 saturated heterocycles. The number of nitrogens with zero attached hydrogens (tertiary/aromatic N) is 3. The van der Waals surface area contributed by atoms with E-state index in [-0.39, 0.29) is 5.54 Å². The van der Waals surface area contributed by atoms with Crippen LogP contribution in [0.2, 0.25) is 0 Å². The summed E-state index contributed by atoms with van der Waals surface area (Å²) >= 11 is 0. The van der Waals surface area contributed by atoms with Crippen molar-refractivity contribution in [3.05, 3.63) is 11.7 Å². The van der Waals surface area contributed by atoms with Crippen LogP contribution in [0.15, 0.2) is 4.52 Å². The zero-order valence-corrected chi connectivity index (χ0v) is 11.5. The van der Waals surface area contributed by atoms with Gasteiger partial charge in [-0.3, -0.25) is 0 Å². The van der Waals surface area contributed by atoms with E-state index >= 15 is 0 Å². The second-order valence-electron chi connectivity index (χ2n) is 5.64. The van der Waals surface area contributed by atoms with E-state index in [9.17, 15) is 0 Å². The Morgan fingerprint density at radius 3 is 2.50 bits per heavy atom. The second kappa shape index (κ2) is 5.80. The average molecular weight is 252 g/mol. The largest absolute Gasteiger partial charge is 0.337 e. The highest BCUT2D eigenvalue weighted by molar-refractivity contribution is 5.03. The third-order valence-electron chi connectivity index (χ3n) is 3.67. The molecule has 1 aromatic heterocycles. The molecule has 0 atom stereocenters. The molecule has 18 heavy (non-hydrogen) atoms. The van der Waals surface area contributed by atoms with Gasteiger partial charge in [0.05, 0.1) is 5.54 Å². The minimum absolute atomic E-state index is 0.389. The highest BCUT2D eigenvalue weighted by atomic mass is 16.5. The lowest BCUT2D eigenvalue weighted by atomic mass is 9.91. The average Bonchev–Trinajstić information content (AvgIpc) is 2.70. The topological polar surface area (TPSA) is 68.2 Å². The molecule has 1 aromatic rings. The zero-order valence-electron chi connectivity index (χ0n) is 11.5. The van der Waals surface area contributed by atoms with Gasteiger partial charge in [-0.2, -0.15) is 4.98 Å². The molecule has 1 heterocycles. The van der Waals surface area contributed by atoms with Gasteiger partial charge < -0.3 is 15.2 Å². The first-order chi connectivity index (χ1) is 8.60. The third kappa shape index (κ3) is 3.29. The van der Waals surface area contributed by atoms with E-state index in [1.165, 1.54) is 12.8 Å². The summed E-state index contributed by atoms with van der Waals surface area (Å²) in [7, 11) is 4.08. The van der Waals surface area contributed by atoms with E-state index in [2.05, 4.69) is 15.0 Å². The molecule has 2 N–H and O–H groups in total. The van der Waals surface area contributed by atoms with E-state index in [4.69, 9.17) is 10.3 Å². The summed E-state index contributed by atoms with van der Waals surface area (Å²) in [4.78, 5) is 6.60. The Hall–Kier alpha value is -0.940. The SMILES string of the molecule is CN(C)CCc1noc(C2(N)CCCCCC2)n1. The van der Waals surface area contributed by atoms with Gasteiger partial charge >= 0.3 is 0 Å². The molecule has 1 aliphatic carbocycles. The van der Waals surface area contributed by atoms with E-state index in [0.29, 0.717) is 5.89 Å². The number of rotatable bonds is 4. The summed E-state index contributed by atoms with van der Waals surface area (Å²) in [6, 6.07) is 0. The van der Waals surface area contributed by atoms with Crippen LogP contribution in [0.3, 0.4) is 0 Å². The molecule has 2 rings (SSSR count). The number of aromatic nitrogens is 2. The van der Waals surface area contributed by atoms with Crippen molar-refractivity contribution in [3.63, 3.8) is 0 Å². The molecular weight excluding hydrogens is 228 g/mol. The van der Waals surface area contributed by atoms with E-state index in [0.717, 1.165) is 44.5 Å². The van der Waals surface area contributed by atoms with Gasteiger partial charge in [-0.05, 0) is 26.9 Å². The zero-order chi connectivity index (χ0) is 13.0. The lowest BCUT2D eigenvalue weighted by molar-refractivity contribution is 0.256. The highest BCUT2D eigenvalue weighted by Gasteiger charge is 2.34. The molecule has 0 amide bonds. The van der Waals surface area contributed by atoms with Crippen molar-refractivity contribution in [3.8, 4) is 0 Å². The van der Waals surface area contributed by atoms with Crippen LogP contribution in [0.5, 0.6) is 0 Å². The fourth-order valence-corrected chi connectivity index (χ4v) is 2.45. The van der Waals surface area contributed by atoms with Crippen LogP contribution in [0, 0.1) is 0 Å². The molecule has 0 aromatic carbocycles. The van der Waals surface area contributed by atoms with E-state index in [1.54, 1.807) is 0 Å². The molecule has 1 fully saturated rings. The summed E-state index contributed by atoms with van der Waals surface area (Å²) < 4.78 is 5.39. The Balaban J connectivity index is 2.03. The maximum atomic E-state index is 6.44. The highest BCUT2D eigenvalue weighted by Crippen LogP contribution is 2.32. The molecule has 0 spiro atoms. The second-order valence-corrected chi connectivity index (χ2v) is 5.64. The third-order valence-corrected chi connectivity index (χ3v) is 3.67. The molecule has 0 radical (unpaired) electrons. The van der Waals surface area contributed by atoms with E-state index in [1.807, 2.05) is 14.1 Å². The Morgan fingerprint density at radius 1 is 1.22 bits per heavy atom. The van der Waals surface area contributed by atoms with Crippen molar-refractivity contribution in [2.24, 2.45) is 5.73 Å². The van der Waals surface area contributed by atoms with Crippen LogP contribution in [0.4, 0.5) is 0 Å². The molecule has 5 nitrogen and oxygen atoms in total. The van der Waals surface area contributed by atoms with Crippen molar-refractivity contribution < 1.29 is 4.52 Å². The molecule has 0 unspecified atom stereocenters. The minimum atomic E-state index is -0.389. The standard InChI is InChI=1S/C13H24N4O/c1-17(2)10-7-11-15-12(18-16-11)13(14)8-5-3-4-6-9-13/h3-10,14H2,1-2H3. The maximum Gasteiger partial charge on any atom is 0.246 e. The Bertz CT molecular complexity index is 367. The predicted molar refractivity (Wildman–Crippen MR) is 70.1 cm³/mol. The van der Waals surface area contributed by atoms with Crippen LogP contribution in [-0.4, -0.2) is 35.7 Å². The maximum absolute atomic E-state index is 6.44. The van der Waals surface area contributed by atoms with Crippen LogP contribution in [0.25, 0.3) is 0 Å². The van der Waals surface area contributed by atoms with Crippen molar-refractivity contribution in [1.29, 1.82) is 0 Å². The van der Waals surface area contributed by atoms with Gasteiger partial charge in [-0.15, -0.1) is 0 Å². The van der Waals surface area contributed by atoms with Crippen LogP contribution >= 0.6 is 0 Å². The lowest BCUT2D eigenvalue weighted by Crippen LogP contribution is -2.36. The molecule has 0 aliphatic heterocycles. The molecule has 5 heteroatoms. The van der Waals surface area contributed by atoms with Gasteiger partial charge in [0.2, 0.25) is 5.89 Å². The molecule has 1 aliphatic rings. The first kappa shape index (κ1) is 13.5. The van der Waals surface area contributed by atoms with E-state index < -0.39 is 0 Å². The fourth-order valence-electron chi connectivity index (χ4n) is 2.45. The van der Waals surface area contributed by atoms with Gasteiger partial charge in [-0.1, -0.05) is 30.8 Å². The normalized spacial score (nSPS) is 20.0. The Morgan fingerprint density at radius 2 is 1.89 bits per heavy atom. The summed E-state index contributed by atoms with van der Waals surface area (Å²) in [5.74, 6) is 1.41. The summed E-state index contributed by atoms with van der Waals surface area (Å²) in [5.41, 5.74) is 6.05. The number of nitrogens with two attached hydrogens (primary N) is 1. The summed E-state index contributed by atoms with van der Waals surface area (Å²) in [5, 5.41) is 4.05. The van der Waals surface area contributed by atoms with Gasteiger partial charge in [-0.25, -0.2) is 0 Å². The number of hydrogen-bond donors (Lipinski definition) is 1. The minimum Gasteiger partial charge on any atom is -0.337 e. The van der Waals surface area contributed by atoms with Gasteiger partial charge in [0, 0.05) is 13.0 Å². The fraction of sp³-hybridized carbons (Fsp3) is 0.846. The van der Waals surface area contributed by atoms with Crippen LogP contribution < -0.4 is 5.73 Å². The van der Waals surface area contributed by atoms with Crippen molar-refractivity contribution in [2.45, 2.75) is 50.5 Å². The Kier molecular flexibility index (Phi) is 4.35. The van der Waals surface area contributed by atoms with Gasteiger partial charge in [0.15, 0.2) is 5.82 Å². The predicted octanol–water partition coefficient (Wildman–Crippen LogP) is 1.68. The quantitative estimate of drug-likeness (QED) is 0.826. The van der Waals surface area contributed by atoms with Crippen molar-refractivity contribution >= 4 is 0 Å².